The number of hydrogen-bond donors (Lipinski definition) is 0. The zero-order valence-corrected chi connectivity index (χ0v) is 17.0. The predicted octanol–water partition coefficient (Wildman–Crippen LogP) is 5.58. The first-order valence-corrected chi connectivity index (χ1v) is 9.42. The second-order valence-corrected chi connectivity index (χ2v) is 7.15. The third-order valence-corrected chi connectivity index (χ3v) is 4.91. The van der Waals surface area contributed by atoms with Gasteiger partial charge in [-0.3, -0.25) is 4.79 Å². The van der Waals surface area contributed by atoms with Crippen LogP contribution in [0.15, 0.2) is 28.8 Å². The highest BCUT2D eigenvalue weighted by atomic mass is 79.9. The molecule has 1 rings (SSSR count). The van der Waals surface area contributed by atoms with Gasteiger partial charge in [-0.05, 0) is 55.6 Å². The molecule has 1 aromatic rings. The summed E-state index contributed by atoms with van der Waals surface area (Å²) in [7, 11) is 0. The van der Waals surface area contributed by atoms with Gasteiger partial charge in [0.2, 0.25) is 0 Å². The molecule has 0 saturated carbocycles. The fraction of sp³-hybridized carbons (Fsp3) is 0.550. The Labute approximate surface area is 154 Å². The summed E-state index contributed by atoms with van der Waals surface area (Å²) < 4.78 is 12.5. The molecule has 0 amide bonds. The fourth-order valence-corrected chi connectivity index (χ4v) is 2.44. The van der Waals surface area contributed by atoms with Crippen molar-refractivity contribution in [2.45, 2.75) is 60.0 Å². The van der Waals surface area contributed by atoms with E-state index in [4.69, 9.17) is 9.47 Å². The summed E-state index contributed by atoms with van der Waals surface area (Å²) in [4.78, 5) is 11.8. The molecule has 0 aromatic heterocycles. The summed E-state index contributed by atoms with van der Waals surface area (Å²) in [5, 5.41) is 0. The van der Waals surface area contributed by atoms with Gasteiger partial charge in [-0.1, -0.05) is 48.0 Å². The van der Waals surface area contributed by atoms with Crippen molar-refractivity contribution in [3.05, 3.63) is 39.9 Å². The number of aryl methyl sites for hydroxylation is 1. The van der Waals surface area contributed by atoms with E-state index in [9.17, 15) is 4.79 Å². The van der Waals surface area contributed by atoms with Crippen LogP contribution in [0.2, 0.25) is 0 Å². The van der Waals surface area contributed by atoms with Crippen LogP contribution in [0.4, 0.5) is 0 Å². The van der Waals surface area contributed by atoms with Crippen molar-refractivity contribution < 1.29 is 14.3 Å². The minimum atomic E-state index is -0.221. The number of allylic oxidation sites excluding steroid dienone is 2. The maximum atomic E-state index is 11.8. The van der Waals surface area contributed by atoms with Crippen LogP contribution < -0.4 is 4.74 Å². The molecule has 1 aromatic carbocycles. The minimum absolute atomic E-state index is 0.0566. The predicted molar refractivity (Wildman–Crippen MR) is 103 cm³/mol. The Morgan fingerprint density at radius 2 is 2.00 bits per heavy atom. The smallest absolute Gasteiger partial charge is 0.310 e. The Morgan fingerprint density at radius 3 is 2.62 bits per heavy atom. The SMILES string of the molecule is CCOC(=O)Cc1ccc(C)cc1O[C@@H](C)C(C)C/C=C(/Br)CC. The van der Waals surface area contributed by atoms with E-state index < -0.39 is 0 Å². The van der Waals surface area contributed by atoms with E-state index in [0.29, 0.717) is 12.5 Å². The first-order valence-electron chi connectivity index (χ1n) is 8.63. The first kappa shape index (κ1) is 20.8. The monoisotopic (exact) mass is 396 g/mol. The fourth-order valence-electron chi connectivity index (χ4n) is 2.25. The number of halogens is 1. The third kappa shape index (κ3) is 7.08. The molecule has 134 valence electrons. The summed E-state index contributed by atoms with van der Waals surface area (Å²) in [5.74, 6) is 0.933. The van der Waals surface area contributed by atoms with Gasteiger partial charge in [-0.15, -0.1) is 0 Å². The maximum absolute atomic E-state index is 11.8. The van der Waals surface area contributed by atoms with E-state index in [-0.39, 0.29) is 18.5 Å². The molecular weight excluding hydrogens is 368 g/mol. The van der Waals surface area contributed by atoms with E-state index in [1.54, 1.807) is 0 Å². The second-order valence-electron chi connectivity index (χ2n) is 6.13. The number of ether oxygens (including phenoxy) is 2. The second kappa shape index (κ2) is 10.5. The molecular formula is C20H29BrO3. The van der Waals surface area contributed by atoms with Crippen LogP contribution in [0.5, 0.6) is 5.75 Å². The van der Waals surface area contributed by atoms with Crippen molar-refractivity contribution in [2.75, 3.05) is 6.61 Å². The van der Waals surface area contributed by atoms with Crippen LogP contribution in [0, 0.1) is 12.8 Å². The molecule has 2 atom stereocenters. The van der Waals surface area contributed by atoms with E-state index in [0.717, 1.165) is 29.7 Å². The highest BCUT2D eigenvalue weighted by Gasteiger charge is 2.17. The summed E-state index contributed by atoms with van der Waals surface area (Å²) >= 11 is 3.55. The maximum Gasteiger partial charge on any atom is 0.310 e. The molecule has 0 aliphatic heterocycles. The number of esters is 1. The van der Waals surface area contributed by atoms with Gasteiger partial charge < -0.3 is 9.47 Å². The van der Waals surface area contributed by atoms with Gasteiger partial charge in [0.15, 0.2) is 0 Å². The molecule has 0 N–H and O–H groups in total. The van der Waals surface area contributed by atoms with Crippen molar-refractivity contribution >= 4 is 21.9 Å². The highest BCUT2D eigenvalue weighted by Crippen LogP contribution is 2.25. The number of benzene rings is 1. The summed E-state index contributed by atoms with van der Waals surface area (Å²) in [6, 6.07) is 5.94. The van der Waals surface area contributed by atoms with Gasteiger partial charge in [-0.25, -0.2) is 0 Å². The van der Waals surface area contributed by atoms with Crippen molar-refractivity contribution in [3.63, 3.8) is 0 Å². The first-order chi connectivity index (χ1) is 11.4. The lowest BCUT2D eigenvalue weighted by atomic mass is 10.0. The number of rotatable bonds is 9. The molecule has 0 radical (unpaired) electrons. The van der Waals surface area contributed by atoms with E-state index in [1.165, 1.54) is 4.48 Å². The third-order valence-electron chi connectivity index (χ3n) is 4.03. The van der Waals surface area contributed by atoms with Gasteiger partial charge in [0.1, 0.15) is 5.75 Å². The summed E-state index contributed by atoms with van der Waals surface area (Å²) in [6.45, 7) is 10.6. The molecule has 0 heterocycles. The van der Waals surface area contributed by atoms with Gasteiger partial charge in [0, 0.05) is 5.56 Å². The quantitative estimate of drug-likeness (QED) is 0.510. The van der Waals surface area contributed by atoms with Crippen molar-refractivity contribution in [1.29, 1.82) is 0 Å². The molecule has 0 bridgehead atoms. The van der Waals surface area contributed by atoms with Crippen LogP contribution in [0.1, 0.15) is 51.7 Å². The van der Waals surface area contributed by atoms with Gasteiger partial charge in [0.25, 0.3) is 0 Å². The summed E-state index contributed by atoms with van der Waals surface area (Å²) in [5.41, 5.74) is 1.99. The molecule has 0 fully saturated rings. The van der Waals surface area contributed by atoms with E-state index in [1.807, 2.05) is 32.0 Å². The molecule has 0 aliphatic rings. The average molecular weight is 397 g/mol. The molecule has 4 heteroatoms. The van der Waals surface area contributed by atoms with Crippen molar-refractivity contribution in [2.24, 2.45) is 5.92 Å². The number of carbonyl (C=O) groups excluding carboxylic acids is 1. The molecule has 24 heavy (non-hydrogen) atoms. The normalized spacial score (nSPS) is 14.2. The lowest BCUT2D eigenvalue weighted by Gasteiger charge is -2.22. The Bertz CT molecular complexity index is 566. The van der Waals surface area contributed by atoms with Crippen LogP contribution in [0.3, 0.4) is 0 Å². The Balaban J connectivity index is 2.81. The van der Waals surface area contributed by atoms with Crippen molar-refractivity contribution in [3.8, 4) is 5.75 Å². The van der Waals surface area contributed by atoms with Crippen LogP contribution in [0.25, 0.3) is 0 Å². The lowest BCUT2D eigenvalue weighted by Crippen LogP contribution is -2.22. The molecule has 0 aliphatic carbocycles. The average Bonchev–Trinajstić information content (AvgIpc) is 2.54. The van der Waals surface area contributed by atoms with Crippen LogP contribution in [-0.4, -0.2) is 18.7 Å². The van der Waals surface area contributed by atoms with E-state index >= 15 is 0 Å². The standard InChI is InChI=1S/C20H29BrO3/c1-6-18(21)11-9-15(4)16(5)24-19-12-14(3)8-10-17(19)13-20(22)23-7-2/h8,10-12,15-16H,6-7,9,13H2,1-5H3/b18-11+/t15?,16-/m0/s1. The number of carbonyl (C=O) groups is 1. The van der Waals surface area contributed by atoms with Gasteiger partial charge in [0.05, 0.1) is 19.1 Å². The number of hydrogen-bond acceptors (Lipinski definition) is 3. The lowest BCUT2D eigenvalue weighted by molar-refractivity contribution is -0.142. The topological polar surface area (TPSA) is 35.5 Å². The minimum Gasteiger partial charge on any atom is -0.490 e. The zero-order valence-electron chi connectivity index (χ0n) is 15.4. The Hall–Kier alpha value is -1.29. The highest BCUT2D eigenvalue weighted by molar-refractivity contribution is 9.11. The van der Waals surface area contributed by atoms with Crippen molar-refractivity contribution in [1.82, 2.24) is 0 Å². The molecule has 3 nitrogen and oxygen atoms in total. The Morgan fingerprint density at radius 1 is 1.29 bits per heavy atom. The van der Waals surface area contributed by atoms with Crippen LogP contribution in [-0.2, 0) is 16.0 Å². The zero-order chi connectivity index (χ0) is 18.1. The van der Waals surface area contributed by atoms with E-state index in [2.05, 4.69) is 42.8 Å². The molecule has 1 unspecified atom stereocenters. The largest absolute Gasteiger partial charge is 0.490 e. The van der Waals surface area contributed by atoms with Gasteiger partial charge >= 0.3 is 5.97 Å². The summed E-state index contributed by atoms with van der Waals surface area (Å²) in [6.07, 6.45) is 4.46. The molecule has 0 saturated heterocycles. The van der Waals surface area contributed by atoms with Gasteiger partial charge in [-0.2, -0.15) is 0 Å². The molecule has 0 spiro atoms. The Kier molecular flexibility index (Phi) is 9.12. The van der Waals surface area contributed by atoms with Crippen LogP contribution >= 0.6 is 15.9 Å².